The zero-order valence-corrected chi connectivity index (χ0v) is 18.9. The Morgan fingerprint density at radius 2 is 1.77 bits per heavy atom. The van der Waals surface area contributed by atoms with E-state index < -0.39 is 10.8 Å². The molecule has 11 heteroatoms. The molecule has 180 valence electrons. The lowest BCUT2D eigenvalue weighted by molar-refractivity contribution is -0.384. The molecule has 0 spiro atoms. The molecule has 0 saturated heterocycles. The molecule has 0 fully saturated rings. The summed E-state index contributed by atoms with van der Waals surface area (Å²) in [5.74, 6) is 0.408. The summed E-state index contributed by atoms with van der Waals surface area (Å²) in [6.07, 6.45) is 1.43. The normalized spacial score (nSPS) is 10.5. The quantitative estimate of drug-likeness (QED) is 0.258. The predicted molar refractivity (Wildman–Crippen MR) is 128 cm³/mol. The fourth-order valence-electron chi connectivity index (χ4n) is 2.89. The van der Waals surface area contributed by atoms with Gasteiger partial charge in [0.2, 0.25) is 0 Å². The van der Waals surface area contributed by atoms with Gasteiger partial charge in [0, 0.05) is 23.4 Å². The van der Waals surface area contributed by atoms with E-state index in [2.05, 4.69) is 15.8 Å². The Labute approximate surface area is 200 Å². The highest BCUT2D eigenvalue weighted by atomic mass is 16.6. The van der Waals surface area contributed by atoms with E-state index in [4.69, 9.17) is 14.2 Å². The van der Waals surface area contributed by atoms with Gasteiger partial charge in [0.1, 0.15) is 5.75 Å². The van der Waals surface area contributed by atoms with Crippen molar-refractivity contribution in [2.24, 2.45) is 5.10 Å². The van der Waals surface area contributed by atoms with Crippen molar-refractivity contribution >= 4 is 29.4 Å². The van der Waals surface area contributed by atoms with Crippen molar-refractivity contribution in [2.75, 3.05) is 26.1 Å². The van der Waals surface area contributed by atoms with E-state index in [1.54, 1.807) is 49.6 Å². The van der Waals surface area contributed by atoms with Crippen LogP contribution in [0.25, 0.3) is 0 Å². The number of nitro benzene ring substituents is 1. The van der Waals surface area contributed by atoms with E-state index in [9.17, 15) is 19.7 Å². The van der Waals surface area contributed by atoms with E-state index in [-0.39, 0.29) is 23.9 Å². The van der Waals surface area contributed by atoms with Gasteiger partial charge >= 0.3 is 0 Å². The fourth-order valence-corrected chi connectivity index (χ4v) is 2.89. The molecule has 3 aromatic carbocycles. The van der Waals surface area contributed by atoms with Crippen LogP contribution in [0.3, 0.4) is 0 Å². The number of nitro groups is 1. The zero-order valence-electron chi connectivity index (χ0n) is 18.9. The summed E-state index contributed by atoms with van der Waals surface area (Å²) in [4.78, 5) is 34.6. The first-order chi connectivity index (χ1) is 16.9. The Bertz CT molecular complexity index is 1240. The van der Waals surface area contributed by atoms with E-state index in [0.29, 0.717) is 28.4 Å². The summed E-state index contributed by atoms with van der Waals surface area (Å²) in [5, 5.41) is 17.3. The number of benzene rings is 3. The zero-order chi connectivity index (χ0) is 25.2. The molecule has 0 unspecified atom stereocenters. The molecular formula is C24H22N4O7. The molecule has 0 saturated carbocycles. The summed E-state index contributed by atoms with van der Waals surface area (Å²) < 4.78 is 15.9. The Hall–Kier alpha value is -4.93. The van der Waals surface area contributed by atoms with Crippen molar-refractivity contribution in [1.29, 1.82) is 0 Å². The third-order valence-corrected chi connectivity index (χ3v) is 4.62. The lowest BCUT2D eigenvalue weighted by Gasteiger charge is -2.11. The average Bonchev–Trinajstić information content (AvgIpc) is 2.87. The van der Waals surface area contributed by atoms with Gasteiger partial charge in [0.25, 0.3) is 17.5 Å². The Balaban J connectivity index is 1.56. The number of hydrogen-bond acceptors (Lipinski definition) is 8. The molecular weight excluding hydrogens is 456 g/mol. The van der Waals surface area contributed by atoms with Gasteiger partial charge in [0.05, 0.1) is 25.4 Å². The minimum atomic E-state index is -0.549. The highest BCUT2D eigenvalue weighted by molar-refractivity contribution is 5.95. The topological polar surface area (TPSA) is 141 Å². The smallest absolute Gasteiger partial charge is 0.271 e. The van der Waals surface area contributed by atoms with Gasteiger partial charge in [0.15, 0.2) is 18.1 Å². The number of amides is 2. The molecule has 3 aromatic rings. The van der Waals surface area contributed by atoms with Crippen molar-refractivity contribution in [3.05, 3.63) is 88.0 Å². The van der Waals surface area contributed by atoms with Crippen LogP contribution in [0.4, 0.5) is 11.4 Å². The van der Waals surface area contributed by atoms with Gasteiger partial charge in [-0.1, -0.05) is 6.07 Å². The van der Waals surface area contributed by atoms with Crippen LogP contribution in [0.15, 0.2) is 71.8 Å². The number of carbonyl (C=O) groups excluding carboxylic acids is 2. The van der Waals surface area contributed by atoms with Crippen LogP contribution in [0, 0.1) is 10.1 Å². The number of methoxy groups -OCH3 is 2. The van der Waals surface area contributed by atoms with Crippen LogP contribution in [0.1, 0.15) is 15.9 Å². The highest BCUT2D eigenvalue weighted by Gasteiger charge is 2.11. The summed E-state index contributed by atoms with van der Waals surface area (Å²) >= 11 is 0. The molecule has 3 rings (SSSR count). The average molecular weight is 478 g/mol. The van der Waals surface area contributed by atoms with Crippen LogP contribution in [-0.2, 0) is 4.79 Å². The lowest BCUT2D eigenvalue weighted by atomic mass is 10.2. The SMILES string of the molecule is COc1ccc(C(=O)N/N=C/c2ccc(OCC(=O)Nc3cccc([N+](=O)[O-])c3)c(OC)c2)cc1. The summed E-state index contributed by atoms with van der Waals surface area (Å²) in [6, 6.07) is 17.0. The molecule has 2 N–H and O–H groups in total. The molecule has 0 atom stereocenters. The number of nitrogens with zero attached hydrogens (tertiary/aromatic N) is 2. The second kappa shape index (κ2) is 11.8. The third-order valence-electron chi connectivity index (χ3n) is 4.62. The maximum absolute atomic E-state index is 12.2. The summed E-state index contributed by atoms with van der Waals surface area (Å²) in [5.41, 5.74) is 3.62. The number of non-ortho nitro benzene ring substituents is 1. The first kappa shape index (κ1) is 24.7. The van der Waals surface area contributed by atoms with Crippen molar-refractivity contribution in [3.8, 4) is 17.2 Å². The Morgan fingerprint density at radius 3 is 2.46 bits per heavy atom. The predicted octanol–water partition coefficient (Wildman–Crippen LogP) is 3.39. The van der Waals surface area contributed by atoms with Crippen molar-refractivity contribution in [2.45, 2.75) is 0 Å². The standard InChI is InChI=1S/C24H22N4O7/c1-33-20-9-7-17(8-10-20)24(30)27-25-14-16-6-11-21(22(12-16)34-2)35-15-23(29)26-18-4-3-5-19(13-18)28(31)32/h3-14H,15H2,1-2H3,(H,26,29)(H,27,30)/b25-14+. The van der Waals surface area contributed by atoms with E-state index >= 15 is 0 Å². The van der Waals surface area contributed by atoms with E-state index in [1.807, 2.05) is 0 Å². The van der Waals surface area contributed by atoms with Crippen LogP contribution in [0.5, 0.6) is 17.2 Å². The van der Waals surface area contributed by atoms with Gasteiger partial charge < -0.3 is 19.5 Å². The van der Waals surface area contributed by atoms with Gasteiger partial charge in [-0.2, -0.15) is 5.10 Å². The summed E-state index contributed by atoms with van der Waals surface area (Å²) in [6.45, 7) is -0.343. The molecule has 0 aliphatic heterocycles. The minimum Gasteiger partial charge on any atom is -0.497 e. The Morgan fingerprint density at radius 1 is 1.00 bits per heavy atom. The van der Waals surface area contributed by atoms with Gasteiger partial charge in [-0.3, -0.25) is 19.7 Å². The van der Waals surface area contributed by atoms with Crippen LogP contribution >= 0.6 is 0 Å². The minimum absolute atomic E-state index is 0.136. The van der Waals surface area contributed by atoms with Gasteiger partial charge in [-0.25, -0.2) is 5.43 Å². The van der Waals surface area contributed by atoms with Crippen molar-refractivity contribution in [3.63, 3.8) is 0 Å². The largest absolute Gasteiger partial charge is 0.497 e. The first-order valence-electron chi connectivity index (χ1n) is 10.2. The number of carbonyl (C=O) groups is 2. The van der Waals surface area contributed by atoms with E-state index in [1.165, 1.54) is 37.6 Å². The third kappa shape index (κ3) is 7.02. The molecule has 0 heterocycles. The Kier molecular flexibility index (Phi) is 8.33. The number of anilines is 1. The molecule has 0 aliphatic carbocycles. The maximum atomic E-state index is 12.2. The molecule has 0 bridgehead atoms. The number of hydrogen-bond donors (Lipinski definition) is 2. The second-order valence-corrected chi connectivity index (χ2v) is 6.98. The molecule has 0 aromatic heterocycles. The van der Waals surface area contributed by atoms with Crippen LogP contribution < -0.4 is 25.0 Å². The maximum Gasteiger partial charge on any atom is 0.271 e. The number of nitrogens with one attached hydrogen (secondary N) is 2. The number of hydrazone groups is 1. The van der Waals surface area contributed by atoms with Crippen molar-refractivity contribution < 1.29 is 28.7 Å². The molecule has 2 amide bonds. The van der Waals surface area contributed by atoms with Crippen molar-refractivity contribution in [1.82, 2.24) is 5.43 Å². The second-order valence-electron chi connectivity index (χ2n) is 6.98. The molecule has 11 nitrogen and oxygen atoms in total. The number of rotatable bonds is 10. The van der Waals surface area contributed by atoms with Crippen LogP contribution in [0.2, 0.25) is 0 Å². The van der Waals surface area contributed by atoms with Gasteiger partial charge in [-0.15, -0.1) is 0 Å². The lowest BCUT2D eigenvalue weighted by Crippen LogP contribution is -2.20. The first-order valence-corrected chi connectivity index (χ1v) is 10.2. The molecule has 0 radical (unpaired) electrons. The summed E-state index contributed by atoms with van der Waals surface area (Å²) in [7, 11) is 2.98. The van der Waals surface area contributed by atoms with Gasteiger partial charge in [-0.05, 0) is 54.1 Å². The molecule has 0 aliphatic rings. The number of ether oxygens (including phenoxy) is 3. The molecule has 35 heavy (non-hydrogen) atoms. The van der Waals surface area contributed by atoms with E-state index in [0.717, 1.165) is 0 Å². The van der Waals surface area contributed by atoms with Crippen LogP contribution in [-0.4, -0.2) is 43.8 Å². The highest BCUT2D eigenvalue weighted by Crippen LogP contribution is 2.27. The monoisotopic (exact) mass is 478 g/mol. The fraction of sp³-hybridized carbons (Fsp3) is 0.125.